The summed E-state index contributed by atoms with van der Waals surface area (Å²) in [6.45, 7) is 2.22. The summed E-state index contributed by atoms with van der Waals surface area (Å²) in [5.74, 6) is 1.32. The van der Waals surface area contributed by atoms with Crippen LogP contribution >= 0.6 is 21.0 Å². The smallest absolute Gasteiger partial charge is 0.00145 e. The number of hydrogen-bond acceptors (Lipinski definition) is 1. The molecule has 8 heavy (non-hydrogen) atoms. The second kappa shape index (κ2) is 2.89. The first-order chi connectivity index (χ1) is 3.84. The SMILES string of the molecule is CC1=C(CP)CCS1. The van der Waals surface area contributed by atoms with Crippen LogP contribution in [0.4, 0.5) is 0 Å². The molecule has 0 nitrogen and oxygen atoms in total. The monoisotopic (exact) mass is 146 g/mol. The van der Waals surface area contributed by atoms with Gasteiger partial charge in [0.05, 0.1) is 0 Å². The van der Waals surface area contributed by atoms with Gasteiger partial charge in [-0.25, -0.2) is 0 Å². The molecule has 0 bridgehead atoms. The average Bonchev–Trinajstić information content (AvgIpc) is 2.14. The maximum Gasteiger partial charge on any atom is 0.00145 e. The number of rotatable bonds is 1. The Balaban J connectivity index is 2.58. The molecule has 0 aliphatic carbocycles. The Morgan fingerprint density at radius 3 is 2.75 bits per heavy atom. The summed E-state index contributed by atoms with van der Waals surface area (Å²) in [5.41, 5.74) is 1.64. The van der Waals surface area contributed by atoms with E-state index in [4.69, 9.17) is 0 Å². The summed E-state index contributed by atoms with van der Waals surface area (Å²) in [7, 11) is 2.78. The van der Waals surface area contributed by atoms with Crippen LogP contribution in [-0.2, 0) is 0 Å². The van der Waals surface area contributed by atoms with Crippen LogP contribution in [0.1, 0.15) is 13.3 Å². The van der Waals surface area contributed by atoms with Crippen LogP contribution in [0.5, 0.6) is 0 Å². The molecule has 0 aromatic heterocycles. The average molecular weight is 146 g/mol. The Kier molecular flexibility index (Phi) is 2.40. The first kappa shape index (κ1) is 6.64. The van der Waals surface area contributed by atoms with Crippen LogP contribution in [0.3, 0.4) is 0 Å². The highest BCUT2D eigenvalue weighted by Gasteiger charge is 2.07. The van der Waals surface area contributed by atoms with Gasteiger partial charge in [0.25, 0.3) is 0 Å². The first-order valence-corrected chi connectivity index (χ1v) is 4.66. The topological polar surface area (TPSA) is 0 Å². The van der Waals surface area contributed by atoms with E-state index in [1.54, 1.807) is 10.5 Å². The van der Waals surface area contributed by atoms with E-state index in [9.17, 15) is 0 Å². The van der Waals surface area contributed by atoms with Crippen molar-refractivity contribution in [1.82, 2.24) is 0 Å². The Morgan fingerprint density at radius 1 is 1.75 bits per heavy atom. The van der Waals surface area contributed by atoms with Crippen molar-refractivity contribution in [3.63, 3.8) is 0 Å². The van der Waals surface area contributed by atoms with Crippen LogP contribution in [0.2, 0.25) is 0 Å². The largest absolute Gasteiger partial charge is 0.133 e. The third-order valence-electron chi connectivity index (χ3n) is 1.47. The molecule has 0 spiro atoms. The van der Waals surface area contributed by atoms with Crippen molar-refractivity contribution < 1.29 is 0 Å². The molecule has 1 heterocycles. The van der Waals surface area contributed by atoms with Crippen LogP contribution in [0.15, 0.2) is 10.5 Å². The van der Waals surface area contributed by atoms with E-state index in [0.717, 1.165) is 0 Å². The summed E-state index contributed by atoms with van der Waals surface area (Å²) in [6.07, 6.45) is 2.50. The highest BCUT2D eigenvalue weighted by molar-refractivity contribution is 8.03. The third-order valence-corrected chi connectivity index (χ3v) is 3.09. The maximum atomic E-state index is 2.78. The summed E-state index contributed by atoms with van der Waals surface area (Å²) in [6, 6.07) is 0. The van der Waals surface area contributed by atoms with Crippen molar-refractivity contribution >= 4 is 21.0 Å². The highest BCUT2D eigenvalue weighted by Crippen LogP contribution is 2.31. The normalized spacial score (nSPS) is 20.2. The predicted octanol–water partition coefficient (Wildman–Crippen LogP) is 2.27. The number of allylic oxidation sites excluding steroid dienone is 2. The fraction of sp³-hybridized carbons (Fsp3) is 0.667. The second-order valence-electron chi connectivity index (χ2n) is 1.96. The first-order valence-electron chi connectivity index (χ1n) is 2.86. The van der Waals surface area contributed by atoms with Gasteiger partial charge in [0.2, 0.25) is 0 Å². The lowest BCUT2D eigenvalue weighted by atomic mass is 10.2. The molecule has 0 aromatic carbocycles. The van der Waals surface area contributed by atoms with Crippen LogP contribution in [-0.4, -0.2) is 11.9 Å². The zero-order chi connectivity index (χ0) is 5.98. The van der Waals surface area contributed by atoms with Crippen molar-refractivity contribution in [3.8, 4) is 0 Å². The quantitative estimate of drug-likeness (QED) is 0.511. The Hall–Kier alpha value is 0.520. The Bertz CT molecular complexity index is 118. The molecule has 1 aliphatic rings. The second-order valence-corrected chi connectivity index (χ2v) is 3.68. The Morgan fingerprint density at radius 2 is 2.50 bits per heavy atom. The van der Waals surface area contributed by atoms with Gasteiger partial charge in [-0.1, -0.05) is 5.57 Å². The fourth-order valence-electron chi connectivity index (χ4n) is 0.851. The minimum atomic E-state index is 1.18. The molecule has 0 saturated carbocycles. The number of thioether (sulfide) groups is 1. The molecule has 0 radical (unpaired) electrons. The van der Waals surface area contributed by atoms with Gasteiger partial charge in [0.15, 0.2) is 0 Å². The van der Waals surface area contributed by atoms with Crippen molar-refractivity contribution in [1.29, 1.82) is 0 Å². The minimum Gasteiger partial charge on any atom is -0.133 e. The zero-order valence-electron chi connectivity index (χ0n) is 5.11. The third kappa shape index (κ3) is 1.27. The molecule has 0 N–H and O–H groups in total. The van der Waals surface area contributed by atoms with E-state index in [1.807, 2.05) is 11.8 Å². The van der Waals surface area contributed by atoms with E-state index in [2.05, 4.69) is 16.2 Å². The lowest BCUT2D eigenvalue weighted by molar-refractivity contribution is 1.14. The molecule has 1 atom stereocenters. The molecule has 1 rings (SSSR count). The van der Waals surface area contributed by atoms with Crippen LogP contribution < -0.4 is 0 Å². The molecule has 1 unspecified atom stereocenters. The molecule has 0 fully saturated rings. The molecule has 2 heteroatoms. The maximum absolute atomic E-state index is 2.78. The molecule has 0 saturated heterocycles. The lowest BCUT2D eigenvalue weighted by Gasteiger charge is -1.93. The van der Waals surface area contributed by atoms with Gasteiger partial charge < -0.3 is 0 Å². The van der Waals surface area contributed by atoms with E-state index < -0.39 is 0 Å². The summed E-state index contributed by atoms with van der Waals surface area (Å²) >= 11 is 2.00. The van der Waals surface area contributed by atoms with Gasteiger partial charge in [0.1, 0.15) is 0 Å². The van der Waals surface area contributed by atoms with Gasteiger partial charge in [0, 0.05) is 5.75 Å². The van der Waals surface area contributed by atoms with Gasteiger partial charge in [-0.3, -0.25) is 0 Å². The number of hydrogen-bond donors (Lipinski definition) is 0. The molecule has 1 aliphatic heterocycles. The summed E-state index contributed by atoms with van der Waals surface area (Å²) in [5, 5.41) is 0. The molecule has 0 aromatic rings. The molecular weight excluding hydrogens is 135 g/mol. The Labute approximate surface area is 57.3 Å². The minimum absolute atomic E-state index is 1.18. The van der Waals surface area contributed by atoms with Crippen molar-refractivity contribution in [2.45, 2.75) is 13.3 Å². The molecule has 46 valence electrons. The summed E-state index contributed by atoms with van der Waals surface area (Å²) in [4.78, 5) is 1.56. The van der Waals surface area contributed by atoms with E-state index >= 15 is 0 Å². The van der Waals surface area contributed by atoms with Crippen LogP contribution in [0, 0.1) is 0 Å². The van der Waals surface area contributed by atoms with E-state index in [-0.39, 0.29) is 0 Å². The fourth-order valence-corrected chi connectivity index (χ4v) is 2.55. The van der Waals surface area contributed by atoms with Crippen molar-refractivity contribution in [2.24, 2.45) is 0 Å². The molecule has 0 amide bonds. The van der Waals surface area contributed by atoms with Crippen molar-refractivity contribution in [2.75, 3.05) is 11.9 Å². The van der Waals surface area contributed by atoms with Gasteiger partial charge >= 0.3 is 0 Å². The molecular formula is C6H11PS. The van der Waals surface area contributed by atoms with Crippen LogP contribution in [0.25, 0.3) is 0 Å². The van der Waals surface area contributed by atoms with Gasteiger partial charge in [-0.05, 0) is 24.4 Å². The van der Waals surface area contributed by atoms with E-state index in [0.29, 0.717) is 0 Å². The predicted molar refractivity (Wildman–Crippen MR) is 44.4 cm³/mol. The van der Waals surface area contributed by atoms with E-state index in [1.165, 1.54) is 18.3 Å². The lowest BCUT2D eigenvalue weighted by Crippen LogP contribution is -1.79. The van der Waals surface area contributed by atoms with Crippen molar-refractivity contribution in [3.05, 3.63) is 10.5 Å². The highest BCUT2D eigenvalue weighted by atomic mass is 32.2. The zero-order valence-corrected chi connectivity index (χ0v) is 7.08. The van der Waals surface area contributed by atoms with Gasteiger partial charge in [-0.2, -0.15) is 0 Å². The van der Waals surface area contributed by atoms with Gasteiger partial charge in [-0.15, -0.1) is 21.0 Å². The standard InChI is InChI=1S/C6H11PS/c1-5-6(4-7)2-3-8-5/h2-4,7H2,1H3. The summed E-state index contributed by atoms with van der Waals surface area (Å²) < 4.78 is 0.